The quantitative estimate of drug-likeness (QED) is 0.434. The Kier molecular flexibility index (Phi) is 5.30. The molecular formula is C21H24Br2N2O2S. The number of anilines is 1. The summed E-state index contributed by atoms with van der Waals surface area (Å²) in [6, 6.07) is 3.47. The number of thiophene rings is 1. The van der Waals surface area contributed by atoms with Gasteiger partial charge < -0.3 is 15.7 Å². The Labute approximate surface area is 186 Å². The van der Waals surface area contributed by atoms with Gasteiger partial charge >= 0.3 is 0 Å². The molecule has 4 rings (SSSR count). The molecule has 4 nitrogen and oxygen atoms in total. The number of fused-ring (bicyclic) bond motifs is 3. The smallest absolute Gasteiger partial charge is 0.256 e. The van der Waals surface area contributed by atoms with E-state index >= 15 is 0 Å². The standard InChI is InChI=1S/C21H24Br2N2O2S/c1-4-21(2,3)10-5-6-11-16(7-10)28-20-17(11)19(27)24-18(25-20)12-8-15(26)14(23)9-13(12)22/h8-10,18,25-26H,4-7H2,1-3H3,(H,24,27)/t10-,18-/m1/s1. The topological polar surface area (TPSA) is 61.4 Å². The fraction of sp³-hybridized carbons (Fsp3) is 0.476. The van der Waals surface area contributed by atoms with Crippen molar-refractivity contribution in [1.29, 1.82) is 0 Å². The minimum atomic E-state index is -0.378. The molecule has 0 fully saturated rings. The molecule has 3 N–H and O–H groups in total. The van der Waals surface area contributed by atoms with E-state index in [1.165, 1.54) is 16.9 Å². The van der Waals surface area contributed by atoms with Crippen LogP contribution < -0.4 is 10.6 Å². The number of carbonyl (C=O) groups excluding carboxylic acids is 1. The van der Waals surface area contributed by atoms with Gasteiger partial charge in [-0.1, -0.05) is 43.1 Å². The first kappa shape index (κ1) is 20.2. The Morgan fingerprint density at radius 3 is 2.71 bits per heavy atom. The molecule has 28 heavy (non-hydrogen) atoms. The zero-order chi connectivity index (χ0) is 20.2. The minimum Gasteiger partial charge on any atom is -0.507 e. The average molecular weight is 528 g/mol. The lowest BCUT2D eigenvalue weighted by Crippen LogP contribution is -2.38. The van der Waals surface area contributed by atoms with E-state index in [4.69, 9.17) is 0 Å². The van der Waals surface area contributed by atoms with Gasteiger partial charge in [0.25, 0.3) is 5.91 Å². The van der Waals surface area contributed by atoms with Gasteiger partial charge in [-0.25, -0.2) is 0 Å². The summed E-state index contributed by atoms with van der Waals surface area (Å²) < 4.78 is 1.44. The molecule has 0 radical (unpaired) electrons. The number of hydrogen-bond donors (Lipinski definition) is 3. The highest BCUT2D eigenvalue weighted by Gasteiger charge is 2.37. The summed E-state index contributed by atoms with van der Waals surface area (Å²) in [6.45, 7) is 6.98. The van der Waals surface area contributed by atoms with Crippen LogP contribution in [-0.4, -0.2) is 11.0 Å². The van der Waals surface area contributed by atoms with Crippen molar-refractivity contribution in [2.75, 3.05) is 5.32 Å². The molecule has 1 aliphatic carbocycles. The van der Waals surface area contributed by atoms with Crippen molar-refractivity contribution in [3.05, 3.63) is 42.6 Å². The Balaban J connectivity index is 1.66. The second-order valence-electron chi connectivity index (χ2n) is 8.37. The highest BCUT2D eigenvalue weighted by molar-refractivity contribution is 9.11. The summed E-state index contributed by atoms with van der Waals surface area (Å²) in [4.78, 5) is 14.3. The maximum atomic E-state index is 13.0. The number of rotatable bonds is 3. The number of benzene rings is 1. The molecule has 1 amide bonds. The van der Waals surface area contributed by atoms with Crippen LogP contribution in [-0.2, 0) is 12.8 Å². The van der Waals surface area contributed by atoms with Crippen LogP contribution in [0.2, 0.25) is 0 Å². The van der Waals surface area contributed by atoms with E-state index in [1.807, 2.05) is 0 Å². The first-order valence-corrected chi connectivity index (χ1v) is 12.0. The van der Waals surface area contributed by atoms with Crippen molar-refractivity contribution in [1.82, 2.24) is 5.32 Å². The van der Waals surface area contributed by atoms with Crippen LogP contribution in [0, 0.1) is 11.3 Å². The van der Waals surface area contributed by atoms with Crippen molar-refractivity contribution in [2.45, 2.75) is 52.6 Å². The molecule has 0 saturated heterocycles. The fourth-order valence-corrected chi connectivity index (χ4v) is 6.76. The third-order valence-corrected chi connectivity index (χ3v) is 8.94. The second-order valence-corrected chi connectivity index (χ2v) is 11.2. The van der Waals surface area contributed by atoms with Crippen LogP contribution in [0.25, 0.3) is 0 Å². The van der Waals surface area contributed by atoms with Gasteiger partial charge in [0, 0.05) is 14.9 Å². The second kappa shape index (κ2) is 7.33. The van der Waals surface area contributed by atoms with E-state index in [9.17, 15) is 9.90 Å². The molecule has 2 atom stereocenters. The Bertz CT molecular complexity index is 954. The molecule has 2 heterocycles. The number of amides is 1. The lowest BCUT2D eigenvalue weighted by molar-refractivity contribution is 0.0934. The van der Waals surface area contributed by atoms with Crippen molar-refractivity contribution < 1.29 is 9.90 Å². The Morgan fingerprint density at radius 1 is 1.25 bits per heavy atom. The molecule has 150 valence electrons. The van der Waals surface area contributed by atoms with E-state index in [0.717, 1.165) is 39.9 Å². The molecule has 2 aliphatic rings. The van der Waals surface area contributed by atoms with Crippen LogP contribution in [0.3, 0.4) is 0 Å². The van der Waals surface area contributed by atoms with Crippen molar-refractivity contribution in [3.63, 3.8) is 0 Å². The summed E-state index contributed by atoms with van der Waals surface area (Å²) in [5.74, 6) is 0.774. The summed E-state index contributed by atoms with van der Waals surface area (Å²) in [6.07, 6.45) is 3.95. The molecular weight excluding hydrogens is 504 g/mol. The third kappa shape index (κ3) is 3.39. The maximum absolute atomic E-state index is 13.0. The van der Waals surface area contributed by atoms with E-state index in [2.05, 4.69) is 63.3 Å². The predicted octanol–water partition coefficient (Wildman–Crippen LogP) is 6.37. The molecule has 0 bridgehead atoms. The zero-order valence-electron chi connectivity index (χ0n) is 16.2. The van der Waals surface area contributed by atoms with Gasteiger partial charge in [-0.15, -0.1) is 11.3 Å². The maximum Gasteiger partial charge on any atom is 0.256 e. The lowest BCUT2D eigenvalue weighted by atomic mass is 9.69. The molecule has 1 aromatic carbocycles. The first-order chi connectivity index (χ1) is 13.2. The SMILES string of the molecule is CCC(C)(C)[C@@H]1CCc2c(sc3c2C(=O)N[C@@H](c2cc(O)c(Br)cc2Br)N3)C1. The molecule has 2 aromatic rings. The van der Waals surface area contributed by atoms with E-state index in [0.29, 0.717) is 15.8 Å². The number of nitrogens with one attached hydrogen (secondary N) is 2. The number of hydrogen-bond acceptors (Lipinski definition) is 4. The van der Waals surface area contributed by atoms with Gasteiger partial charge in [-0.05, 0) is 64.2 Å². The number of phenols is 1. The highest BCUT2D eigenvalue weighted by atomic mass is 79.9. The van der Waals surface area contributed by atoms with E-state index in [1.54, 1.807) is 23.5 Å². The van der Waals surface area contributed by atoms with Gasteiger partial charge in [0.2, 0.25) is 0 Å². The average Bonchev–Trinajstić information content (AvgIpc) is 3.02. The number of phenolic OH excluding ortho intramolecular Hbond substituents is 1. The largest absolute Gasteiger partial charge is 0.507 e. The summed E-state index contributed by atoms with van der Waals surface area (Å²) in [5, 5.41) is 17.6. The number of carbonyl (C=O) groups is 1. The van der Waals surface area contributed by atoms with E-state index in [-0.39, 0.29) is 17.8 Å². The highest BCUT2D eigenvalue weighted by Crippen LogP contribution is 2.47. The molecule has 0 saturated carbocycles. The summed E-state index contributed by atoms with van der Waals surface area (Å²) in [5.41, 5.74) is 3.17. The van der Waals surface area contributed by atoms with Crippen LogP contribution in [0.4, 0.5) is 5.00 Å². The lowest BCUT2D eigenvalue weighted by Gasteiger charge is -2.36. The van der Waals surface area contributed by atoms with Gasteiger partial charge in [0.1, 0.15) is 16.9 Å². The van der Waals surface area contributed by atoms with Crippen molar-refractivity contribution >= 4 is 54.1 Å². The van der Waals surface area contributed by atoms with Crippen LogP contribution in [0.1, 0.15) is 66.1 Å². The Morgan fingerprint density at radius 2 is 2.00 bits per heavy atom. The third-order valence-electron chi connectivity index (χ3n) is 6.44. The molecule has 1 aliphatic heterocycles. The fourth-order valence-electron chi connectivity index (χ4n) is 4.18. The van der Waals surface area contributed by atoms with E-state index < -0.39 is 0 Å². The van der Waals surface area contributed by atoms with Crippen molar-refractivity contribution in [3.8, 4) is 5.75 Å². The van der Waals surface area contributed by atoms with Gasteiger partial charge in [-0.2, -0.15) is 0 Å². The monoisotopic (exact) mass is 526 g/mol. The number of halogens is 2. The molecule has 0 unspecified atom stereocenters. The summed E-state index contributed by atoms with van der Waals surface area (Å²) in [7, 11) is 0. The number of aromatic hydroxyl groups is 1. The van der Waals surface area contributed by atoms with Gasteiger partial charge in [0.15, 0.2) is 0 Å². The summed E-state index contributed by atoms with van der Waals surface area (Å²) >= 11 is 8.59. The molecule has 0 spiro atoms. The molecule has 1 aromatic heterocycles. The zero-order valence-corrected chi connectivity index (χ0v) is 20.1. The van der Waals surface area contributed by atoms with Crippen LogP contribution in [0.15, 0.2) is 21.1 Å². The van der Waals surface area contributed by atoms with Crippen molar-refractivity contribution in [2.24, 2.45) is 11.3 Å². The first-order valence-electron chi connectivity index (χ1n) is 9.61. The predicted molar refractivity (Wildman–Crippen MR) is 121 cm³/mol. The minimum absolute atomic E-state index is 0.0289. The Hall–Kier alpha value is -1.05. The normalized spacial score (nSPS) is 21.5. The van der Waals surface area contributed by atoms with Gasteiger partial charge in [-0.3, -0.25) is 4.79 Å². The van der Waals surface area contributed by atoms with Crippen LogP contribution >= 0.6 is 43.2 Å². The molecule has 7 heteroatoms. The van der Waals surface area contributed by atoms with Crippen LogP contribution in [0.5, 0.6) is 5.75 Å². The van der Waals surface area contributed by atoms with Gasteiger partial charge in [0.05, 0.1) is 10.0 Å².